The second kappa shape index (κ2) is 13.2. The van der Waals surface area contributed by atoms with E-state index in [2.05, 4.69) is 11.4 Å². The van der Waals surface area contributed by atoms with E-state index >= 15 is 0 Å². The van der Waals surface area contributed by atoms with E-state index in [1.54, 1.807) is 18.4 Å². The number of methoxy groups -OCH3 is 1. The molecule has 0 bridgehead atoms. The van der Waals surface area contributed by atoms with Crippen molar-refractivity contribution in [3.8, 4) is 5.75 Å². The second-order valence-electron chi connectivity index (χ2n) is 9.04. The van der Waals surface area contributed by atoms with Gasteiger partial charge in [0, 0.05) is 31.6 Å². The first-order valence-corrected chi connectivity index (χ1v) is 12.8. The lowest BCUT2D eigenvalue weighted by molar-refractivity contribution is -0.136. The maximum absolute atomic E-state index is 13.5. The van der Waals surface area contributed by atoms with Crippen LogP contribution in [-0.4, -0.2) is 86.1 Å². The van der Waals surface area contributed by atoms with E-state index in [1.807, 2.05) is 54.8 Å². The quantitative estimate of drug-likeness (QED) is 0.465. The van der Waals surface area contributed by atoms with Gasteiger partial charge in [0.05, 0.1) is 38.0 Å². The normalized spacial score (nSPS) is 16.7. The van der Waals surface area contributed by atoms with Crippen LogP contribution in [0.25, 0.3) is 0 Å². The number of aliphatic hydroxyl groups excluding tert-OH is 1. The van der Waals surface area contributed by atoms with Crippen molar-refractivity contribution in [2.75, 3.05) is 53.1 Å². The molecule has 0 saturated heterocycles. The molecule has 0 unspecified atom stereocenters. The van der Waals surface area contributed by atoms with E-state index in [0.717, 1.165) is 12.2 Å². The predicted octanol–water partition coefficient (Wildman–Crippen LogP) is 3.30. The molecule has 188 valence electrons. The Bertz CT molecular complexity index is 886. The van der Waals surface area contributed by atoms with Gasteiger partial charge in [-0.25, -0.2) is 0 Å². The van der Waals surface area contributed by atoms with Gasteiger partial charge in [0.1, 0.15) is 12.4 Å². The Morgan fingerprint density at radius 1 is 1.26 bits per heavy atom. The Morgan fingerprint density at radius 3 is 2.74 bits per heavy atom. The first-order chi connectivity index (χ1) is 16.4. The Balaban J connectivity index is 1.68. The van der Waals surface area contributed by atoms with Crippen LogP contribution in [0.1, 0.15) is 35.9 Å². The van der Waals surface area contributed by atoms with E-state index in [0.29, 0.717) is 32.8 Å². The topological polar surface area (TPSA) is 71.5 Å². The molecule has 2 heterocycles. The monoisotopic (exact) mass is 490 g/mol. The third kappa shape index (κ3) is 7.78. The summed E-state index contributed by atoms with van der Waals surface area (Å²) in [5, 5.41) is 12.5. The molecule has 0 aliphatic carbocycles. The van der Waals surface area contributed by atoms with Gasteiger partial charge in [0.2, 0.25) is 5.91 Å². The van der Waals surface area contributed by atoms with E-state index in [9.17, 15) is 9.90 Å². The maximum Gasteiger partial charge on any atom is 0.237 e. The van der Waals surface area contributed by atoms with Crippen LogP contribution in [0.5, 0.6) is 5.75 Å². The first-order valence-electron chi connectivity index (χ1n) is 11.9. The van der Waals surface area contributed by atoms with Crippen molar-refractivity contribution in [1.82, 2.24) is 9.80 Å². The fourth-order valence-corrected chi connectivity index (χ4v) is 5.00. The molecule has 8 heteroatoms. The molecule has 0 saturated carbocycles. The number of nitrogens with zero attached hydrogens (tertiary/aromatic N) is 2. The number of ether oxygens (including phenoxy) is 3. The highest BCUT2D eigenvalue weighted by Gasteiger charge is 2.33. The molecular weight excluding hydrogens is 452 g/mol. The zero-order valence-electron chi connectivity index (χ0n) is 20.7. The van der Waals surface area contributed by atoms with E-state index in [4.69, 9.17) is 14.2 Å². The molecule has 1 aliphatic rings. The molecule has 0 radical (unpaired) electrons. The van der Waals surface area contributed by atoms with Gasteiger partial charge in [-0.05, 0) is 56.3 Å². The van der Waals surface area contributed by atoms with Crippen LogP contribution in [0, 0.1) is 6.92 Å². The minimum atomic E-state index is -0.669. The van der Waals surface area contributed by atoms with Crippen molar-refractivity contribution in [2.45, 2.75) is 45.4 Å². The minimum Gasteiger partial charge on any atom is -0.491 e. The highest BCUT2D eigenvalue weighted by Crippen LogP contribution is 2.34. The molecule has 0 spiro atoms. The SMILES string of the molecule is COCCN(CC(=O)N1CCc2sccc2[C@H]1COc1ccc(C)cc1)C[C@@H](O)COC(C)C. The molecule has 2 aromatic rings. The molecule has 1 aromatic heterocycles. The molecule has 3 rings (SSSR count). The molecule has 7 nitrogen and oxygen atoms in total. The maximum atomic E-state index is 13.5. The Hall–Kier alpha value is -1.97. The number of benzene rings is 1. The largest absolute Gasteiger partial charge is 0.491 e. The van der Waals surface area contributed by atoms with Crippen molar-refractivity contribution in [3.05, 3.63) is 51.7 Å². The predicted molar refractivity (Wildman–Crippen MR) is 135 cm³/mol. The second-order valence-corrected chi connectivity index (χ2v) is 10.0. The highest BCUT2D eigenvalue weighted by molar-refractivity contribution is 7.10. The summed E-state index contributed by atoms with van der Waals surface area (Å²) in [5.41, 5.74) is 2.35. The number of carbonyl (C=O) groups is 1. The smallest absolute Gasteiger partial charge is 0.237 e. The Kier molecular flexibility index (Phi) is 10.3. The molecule has 1 aliphatic heterocycles. The fraction of sp³-hybridized carbons (Fsp3) is 0.577. The molecular formula is C26H38N2O5S. The Morgan fingerprint density at radius 2 is 2.03 bits per heavy atom. The van der Waals surface area contributed by atoms with Gasteiger partial charge in [0.15, 0.2) is 0 Å². The highest BCUT2D eigenvalue weighted by atomic mass is 32.1. The standard InChI is InChI=1S/C26H38N2O5S/c1-19(2)32-17-21(29)15-27(12-13-31-4)16-26(30)28-11-9-25-23(10-14-34-25)24(28)18-33-22-7-5-20(3)6-8-22/h5-8,10,14,19,21,24,29H,9,11-13,15-18H2,1-4H3/t21-,24-/m1/s1. The summed E-state index contributed by atoms with van der Waals surface area (Å²) < 4.78 is 16.9. The molecule has 1 aromatic carbocycles. The average Bonchev–Trinajstić information content (AvgIpc) is 3.29. The lowest BCUT2D eigenvalue weighted by Crippen LogP contribution is -2.48. The summed E-state index contributed by atoms with van der Waals surface area (Å²) >= 11 is 1.74. The van der Waals surface area contributed by atoms with Gasteiger partial charge in [0.25, 0.3) is 0 Å². The number of thiophene rings is 1. The lowest BCUT2D eigenvalue weighted by atomic mass is 10.0. The van der Waals surface area contributed by atoms with Crippen LogP contribution >= 0.6 is 11.3 Å². The number of amides is 1. The summed E-state index contributed by atoms with van der Waals surface area (Å²) in [6.07, 6.45) is 0.228. The lowest BCUT2D eigenvalue weighted by Gasteiger charge is -2.37. The molecule has 0 fully saturated rings. The summed E-state index contributed by atoms with van der Waals surface area (Å²) in [6.45, 7) is 8.83. The number of fused-ring (bicyclic) bond motifs is 1. The minimum absolute atomic E-state index is 0.0300. The van der Waals surface area contributed by atoms with Gasteiger partial charge >= 0.3 is 0 Å². The number of hydrogen-bond donors (Lipinski definition) is 1. The van der Waals surface area contributed by atoms with Crippen molar-refractivity contribution in [3.63, 3.8) is 0 Å². The van der Waals surface area contributed by atoms with Crippen LogP contribution in [0.3, 0.4) is 0 Å². The average molecular weight is 491 g/mol. The molecule has 1 amide bonds. The van der Waals surface area contributed by atoms with Crippen LogP contribution < -0.4 is 4.74 Å². The number of hydrogen-bond acceptors (Lipinski definition) is 7. The third-order valence-electron chi connectivity index (χ3n) is 5.91. The van der Waals surface area contributed by atoms with Gasteiger partial charge in [-0.2, -0.15) is 0 Å². The van der Waals surface area contributed by atoms with E-state index in [1.165, 1.54) is 16.0 Å². The van der Waals surface area contributed by atoms with E-state index in [-0.39, 0.29) is 31.2 Å². The first kappa shape index (κ1) is 26.6. The number of carbonyl (C=O) groups excluding carboxylic acids is 1. The number of rotatable bonds is 13. The van der Waals surface area contributed by atoms with Gasteiger partial charge in [-0.1, -0.05) is 17.7 Å². The number of aliphatic hydroxyl groups is 1. The molecule has 2 atom stereocenters. The Labute approximate surface area is 207 Å². The summed E-state index contributed by atoms with van der Waals surface area (Å²) in [5.74, 6) is 0.831. The summed E-state index contributed by atoms with van der Waals surface area (Å²) in [6, 6.07) is 9.95. The fourth-order valence-electron chi connectivity index (χ4n) is 4.08. The zero-order chi connectivity index (χ0) is 24.5. The van der Waals surface area contributed by atoms with Crippen molar-refractivity contribution in [1.29, 1.82) is 0 Å². The van der Waals surface area contributed by atoms with Crippen molar-refractivity contribution < 1.29 is 24.1 Å². The van der Waals surface area contributed by atoms with Gasteiger partial charge < -0.3 is 24.2 Å². The van der Waals surface area contributed by atoms with Crippen LogP contribution in [0.15, 0.2) is 35.7 Å². The van der Waals surface area contributed by atoms with Crippen LogP contribution in [0.2, 0.25) is 0 Å². The van der Waals surface area contributed by atoms with Crippen molar-refractivity contribution >= 4 is 17.2 Å². The van der Waals surface area contributed by atoms with Gasteiger partial charge in [-0.3, -0.25) is 9.69 Å². The van der Waals surface area contributed by atoms with Crippen molar-refractivity contribution in [2.24, 2.45) is 0 Å². The van der Waals surface area contributed by atoms with Crippen LogP contribution in [0.4, 0.5) is 0 Å². The van der Waals surface area contributed by atoms with E-state index < -0.39 is 6.10 Å². The summed E-state index contributed by atoms with van der Waals surface area (Å²) in [4.78, 5) is 18.7. The van der Waals surface area contributed by atoms with Gasteiger partial charge in [-0.15, -0.1) is 11.3 Å². The molecule has 1 N–H and O–H groups in total. The van der Waals surface area contributed by atoms with Crippen LogP contribution in [-0.2, 0) is 20.7 Å². The molecule has 34 heavy (non-hydrogen) atoms. The number of aryl methyl sites for hydroxylation is 1. The third-order valence-corrected chi connectivity index (χ3v) is 6.90. The zero-order valence-corrected chi connectivity index (χ0v) is 21.6. The summed E-state index contributed by atoms with van der Waals surface area (Å²) in [7, 11) is 1.64.